The summed E-state index contributed by atoms with van der Waals surface area (Å²) in [6.45, 7) is 4.28. The van der Waals surface area contributed by atoms with Gasteiger partial charge < -0.3 is 15.8 Å². The van der Waals surface area contributed by atoms with Gasteiger partial charge in [0.05, 0.1) is 12.2 Å². The zero-order valence-electron chi connectivity index (χ0n) is 19.8. The Morgan fingerprint density at radius 3 is 2.86 bits per heavy atom. The lowest BCUT2D eigenvalue weighted by atomic mass is 9.66. The van der Waals surface area contributed by atoms with Crippen molar-refractivity contribution in [2.24, 2.45) is 17.8 Å². The van der Waals surface area contributed by atoms with E-state index >= 15 is 0 Å². The van der Waals surface area contributed by atoms with Crippen LogP contribution in [0.15, 0.2) is 71.9 Å². The molecular formula is C29H28FN3O2. The Kier molecular flexibility index (Phi) is 5.22. The summed E-state index contributed by atoms with van der Waals surface area (Å²) in [4.78, 5) is 17.3. The summed E-state index contributed by atoms with van der Waals surface area (Å²) in [6, 6.07) is 8.75. The molecule has 6 rings (SSSR count). The number of carbonyl (C=O) groups is 1. The molecule has 1 amide bonds. The first-order chi connectivity index (χ1) is 16.9. The predicted molar refractivity (Wildman–Crippen MR) is 133 cm³/mol. The fraction of sp³-hybridized carbons (Fsp3) is 0.310. The Morgan fingerprint density at radius 1 is 1.23 bits per heavy atom. The molecule has 5 atom stereocenters. The quantitative estimate of drug-likeness (QED) is 0.688. The number of fused-ring (bicyclic) bond motifs is 8. The van der Waals surface area contributed by atoms with Gasteiger partial charge >= 0.3 is 0 Å². The van der Waals surface area contributed by atoms with E-state index < -0.39 is 0 Å². The maximum atomic E-state index is 14.4. The lowest BCUT2D eigenvalue weighted by molar-refractivity contribution is -0.117. The molecule has 3 heterocycles. The van der Waals surface area contributed by atoms with E-state index in [1.807, 2.05) is 44.2 Å². The highest BCUT2D eigenvalue weighted by Gasteiger charge is 2.56. The number of nitrogens with one attached hydrogen (secondary N) is 1. The average molecular weight is 470 g/mol. The van der Waals surface area contributed by atoms with Gasteiger partial charge in [0.15, 0.2) is 0 Å². The van der Waals surface area contributed by atoms with Crippen molar-refractivity contribution < 1.29 is 13.9 Å². The summed E-state index contributed by atoms with van der Waals surface area (Å²) in [6.07, 6.45) is 11.0. The van der Waals surface area contributed by atoms with Gasteiger partial charge in [0.2, 0.25) is 0 Å². The van der Waals surface area contributed by atoms with Gasteiger partial charge in [-0.15, -0.1) is 0 Å². The number of hydrogen-bond donors (Lipinski definition) is 2. The number of amides is 1. The van der Waals surface area contributed by atoms with Gasteiger partial charge in [0.1, 0.15) is 11.6 Å². The third-order valence-corrected chi connectivity index (χ3v) is 7.90. The van der Waals surface area contributed by atoms with Crippen molar-refractivity contribution in [2.75, 3.05) is 5.73 Å². The van der Waals surface area contributed by atoms with Crippen molar-refractivity contribution >= 4 is 17.3 Å². The van der Waals surface area contributed by atoms with Crippen LogP contribution in [0.25, 0.3) is 5.57 Å². The van der Waals surface area contributed by atoms with Crippen LogP contribution >= 0.6 is 0 Å². The Bertz CT molecular complexity index is 1330. The van der Waals surface area contributed by atoms with E-state index in [2.05, 4.69) is 28.5 Å². The van der Waals surface area contributed by atoms with E-state index in [4.69, 9.17) is 10.5 Å². The average Bonchev–Trinajstić information content (AvgIpc) is 3.40. The monoisotopic (exact) mass is 469 g/mol. The van der Waals surface area contributed by atoms with Gasteiger partial charge in [-0.1, -0.05) is 48.6 Å². The van der Waals surface area contributed by atoms with Crippen LogP contribution in [0.1, 0.15) is 28.8 Å². The molecule has 1 aromatic carbocycles. The number of nitrogens with zero attached hydrogens (tertiary/aromatic N) is 1. The van der Waals surface area contributed by atoms with Crippen LogP contribution < -0.4 is 11.1 Å². The molecule has 35 heavy (non-hydrogen) atoms. The molecule has 2 fully saturated rings. The number of pyridine rings is 1. The van der Waals surface area contributed by atoms with E-state index in [1.165, 1.54) is 11.6 Å². The Labute approximate surface area is 204 Å². The van der Waals surface area contributed by atoms with Crippen molar-refractivity contribution in [3.05, 3.63) is 100 Å². The molecule has 2 aliphatic heterocycles. The largest absolute Gasteiger partial charge is 0.384 e. The van der Waals surface area contributed by atoms with E-state index in [9.17, 15) is 9.18 Å². The molecular weight excluding hydrogens is 441 g/mol. The van der Waals surface area contributed by atoms with Crippen LogP contribution in [0.2, 0.25) is 0 Å². The first kappa shape index (κ1) is 22.0. The minimum Gasteiger partial charge on any atom is -0.384 e. The fourth-order valence-electron chi connectivity index (χ4n) is 6.20. The Hall–Kier alpha value is -3.51. The topological polar surface area (TPSA) is 77.2 Å². The van der Waals surface area contributed by atoms with E-state index in [0.717, 1.165) is 28.8 Å². The molecule has 4 aliphatic rings. The van der Waals surface area contributed by atoms with Crippen LogP contribution in [0, 0.1) is 37.4 Å². The number of hydrogen-bond acceptors (Lipinski definition) is 4. The number of carbonyl (C=O) groups excluding carboxylic acids is 1. The molecule has 3 N–H and O–H groups in total. The zero-order valence-corrected chi connectivity index (χ0v) is 19.8. The van der Waals surface area contributed by atoms with Crippen LogP contribution in [0.4, 0.5) is 10.2 Å². The van der Waals surface area contributed by atoms with Gasteiger partial charge in [-0.3, -0.25) is 4.79 Å². The summed E-state index contributed by atoms with van der Waals surface area (Å²) in [5.41, 5.74) is 12.3. The van der Waals surface area contributed by atoms with Crippen molar-refractivity contribution in [1.82, 2.24) is 10.3 Å². The van der Waals surface area contributed by atoms with Crippen LogP contribution in [-0.2, 0) is 16.1 Å². The minimum absolute atomic E-state index is 0.00902. The van der Waals surface area contributed by atoms with Gasteiger partial charge in [-0.25, -0.2) is 9.37 Å². The molecule has 0 spiro atoms. The maximum Gasteiger partial charge on any atom is 0.251 e. The van der Waals surface area contributed by atoms with Gasteiger partial charge in [0.25, 0.3) is 5.91 Å². The number of nitrogens with two attached hydrogens (primary N) is 1. The maximum absolute atomic E-state index is 14.4. The number of nitrogen functional groups attached to an aromatic ring is 1. The van der Waals surface area contributed by atoms with Gasteiger partial charge in [-0.05, 0) is 54.7 Å². The Balaban J connectivity index is 1.19. The lowest BCUT2D eigenvalue weighted by Crippen LogP contribution is -2.36. The van der Waals surface area contributed by atoms with E-state index in [-0.39, 0.29) is 41.7 Å². The first-order valence-electron chi connectivity index (χ1n) is 12.1. The highest BCUT2D eigenvalue weighted by molar-refractivity contribution is 5.96. The number of aryl methyl sites for hydroxylation is 2. The number of halogens is 1. The second-order valence-corrected chi connectivity index (χ2v) is 9.92. The number of allylic oxidation sites excluding steroid dienone is 3. The highest BCUT2D eigenvalue weighted by atomic mass is 19.1. The van der Waals surface area contributed by atoms with Crippen LogP contribution in [0.3, 0.4) is 0 Å². The third-order valence-electron chi connectivity index (χ3n) is 7.90. The number of anilines is 1. The van der Waals surface area contributed by atoms with E-state index in [0.29, 0.717) is 23.5 Å². The molecule has 2 aliphatic carbocycles. The fourth-order valence-corrected chi connectivity index (χ4v) is 6.20. The number of aromatic nitrogens is 1. The van der Waals surface area contributed by atoms with Crippen LogP contribution in [0.5, 0.6) is 0 Å². The van der Waals surface area contributed by atoms with Gasteiger partial charge in [-0.2, -0.15) is 0 Å². The molecule has 2 bridgehead atoms. The molecule has 2 aromatic rings. The summed E-state index contributed by atoms with van der Waals surface area (Å²) in [5, 5.41) is 3.04. The molecule has 2 saturated heterocycles. The Morgan fingerprint density at radius 2 is 2.06 bits per heavy atom. The minimum atomic E-state index is -0.196. The zero-order chi connectivity index (χ0) is 24.3. The normalized spacial score (nSPS) is 28.1. The molecule has 6 heteroatoms. The summed E-state index contributed by atoms with van der Waals surface area (Å²) in [7, 11) is 0. The number of rotatable bonds is 4. The predicted octanol–water partition coefficient (Wildman–Crippen LogP) is 4.58. The van der Waals surface area contributed by atoms with Crippen molar-refractivity contribution in [1.29, 1.82) is 0 Å². The number of benzene rings is 1. The summed E-state index contributed by atoms with van der Waals surface area (Å²) >= 11 is 0. The molecule has 0 radical (unpaired) electrons. The standard InChI is InChI=1S/C29H28FN3O2/c1-15-11-26(31)33-16(2)24(15)14-32-29(34)18-8-10-21-23(13-18)28-22-12-17(7-9-20(22)27(21)35-28)19-5-3-4-6-25(19)30/h3-11,13,21-23,27-28H,12,14H2,1-2H3,(H2,31,33)(H,32,34). The smallest absolute Gasteiger partial charge is 0.251 e. The van der Waals surface area contributed by atoms with Crippen molar-refractivity contribution in [3.8, 4) is 0 Å². The molecule has 5 nitrogen and oxygen atoms in total. The first-order valence-corrected chi connectivity index (χ1v) is 12.1. The van der Waals surface area contributed by atoms with Crippen molar-refractivity contribution in [2.45, 2.75) is 39.0 Å². The SMILES string of the molecule is Cc1cc(N)nc(C)c1CNC(=O)C1=CC2C(C=C1)C1OC2C2CC(c3ccccc3F)=CC=C21. The molecule has 1 aromatic heterocycles. The summed E-state index contributed by atoms with van der Waals surface area (Å²) < 4.78 is 20.9. The van der Waals surface area contributed by atoms with Gasteiger partial charge in [0, 0.05) is 41.1 Å². The summed E-state index contributed by atoms with van der Waals surface area (Å²) in [5.74, 6) is 0.754. The highest BCUT2D eigenvalue weighted by Crippen LogP contribution is 2.55. The second kappa shape index (κ2) is 8.31. The number of ether oxygens (including phenoxy) is 1. The molecule has 5 unspecified atom stereocenters. The van der Waals surface area contributed by atoms with Crippen LogP contribution in [-0.4, -0.2) is 23.1 Å². The third kappa shape index (κ3) is 3.64. The molecule has 178 valence electrons. The second-order valence-electron chi connectivity index (χ2n) is 9.92. The van der Waals surface area contributed by atoms with E-state index in [1.54, 1.807) is 6.07 Å². The van der Waals surface area contributed by atoms with Crippen molar-refractivity contribution in [3.63, 3.8) is 0 Å². The molecule has 0 saturated carbocycles. The lowest BCUT2D eigenvalue weighted by Gasteiger charge is -2.35.